The maximum Gasteiger partial charge on any atom is 0.410 e. The molecule has 3 rings (SSSR count). The van der Waals surface area contributed by atoms with Gasteiger partial charge in [0.15, 0.2) is 0 Å². The molecule has 1 aliphatic rings. The summed E-state index contributed by atoms with van der Waals surface area (Å²) < 4.78 is 5.51. The molecule has 1 fully saturated rings. The van der Waals surface area contributed by atoms with Crippen molar-refractivity contribution in [2.24, 2.45) is 5.11 Å². The molecule has 1 heterocycles. The van der Waals surface area contributed by atoms with Crippen LogP contribution >= 0.6 is 0 Å². The Hall–Kier alpha value is -3.02. The molecule has 30 heavy (non-hydrogen) atoms. The van der Waals surface area contributed by atoms with Gasteiger partial charge in [0, 0.05) is 37.1 Å². The Morgan fingerprint density at radius 1 is 0.967 bits per heavy atom. The molecule has 2 aromatic carbocycles. The first-order valence-electron chi connectivity index (χ1n) is 10.2. The SMILES string of the molecule is CC(C)(C)OC(=O)N1CCN([C@@H](c2ccccc2)[C@H](N=[N+]=[N-])c2ccccc2)CC1. The van der Waals surface area contributed by atoms with Crippen LogP contribution in [0.4, 0.5) is 4.79 Å². The highest BCUT2D eigenvalue weighted by molar-refractivity contribution is 5.68. The third-order valence-electron chi connectivity index (χ3n) is 5.12. The van der Waals surface area contributed by atoms with Crippen LogP contribution in [-0.2, 0) is 4.74 Å². The summed E-state index contributed by atoms with van der Waals surface area (Å²) in [7, 11) is 0. The summed E-state index contributed by atoms with van der Waals surface area (Å²) in [5.74, 6) is 0. The van der Waals surface area contributed by atoms with E-state index in [2.05, 4.69) is 27.1 Å². The first kappa shape index (κ1) is 21.7. The first-order chi connectivity index (χ1) is 14.4. The second-order valence-electron chi connectivity index (χ2n) is 8.42. The summed E-state index contributed by atoms with van der Waals surface area (Å²) in [5.41, 5.74) is 10.8. The minimum atomic E-state index is -0.513. The Balaban J connectivity index is 1.84. The van der Waals surface area contributed by atoms with Crippen molar-refractivity contribution in [1.29, 1.82) is 0 Å². The fourth-order valence-corrected chi connectivity index (χ4v) is 3.77. The van der Waals surface area contributed by atoms with Crippen molar-refractivity contribution >= 4 is 6.09 Å². The predicted octanol–water partition coefficient (Wildman–Crippen LogP) is 5.33. The Labute approximate surface area is 177 Å². The number of rotatable bonds is 5. The summed E-state index contributed by atoms with van der Waals surface area (Å²) in [4.78, 5) is 19.6. The molecule has 0 unspecified atom stereocenters. The van der Waals surface area contributed by atoms with Crippen LogP contribution in [0.2, 0.25) is 0 Å². The maximum absolute atomic E-state index is 12.4. The van der Waals surface area contributed by atoms with Gasteiger partial charge in [0.1, 0.15) is 5.60 Å². The lowest BCUT2D eigenvalue weighted by Crippen LogP contribution is -2.51. The summed E-state index contributed by atoms with van der Waals surface area (Å²) in [6.07, 6.45) is -0.284. The molecule has 1 amide bonds. The van der Waals surface area contributed by atoms with E-state index in [4.69, 9.17) is 4.74 Å². The van der Waals surface area contributed by atoms with Crippen LogP contribution in [0.15, 0.2) is 65.8 Å². The third kappa shape index (κ3) is 5.53. The third-order valence-corrected chi connectivity index (χ3v) is 5.12. The van der Waals surface area contributed by atoms with Gasteiger partial charge < -0.3 is 9.64 Å². The second-order valence-corrected chi connectivity index (χ2v) is 8.42. The first-order valence-corrected chi connectivity index (χ1v) is 10.2. The van der Waals surface area contributed by atoms with Gasteiger partial charge in [-0.2, -0.15) is 0 Å². The molecule has 1 saturated heterocycles. The van der Waals surface area contributed by atoms with Gasteiger partial charge in [0.2, 0.25) is 0 Å². The molecular weight excluding hydrogens is 378 g/mol. The van der Waals surface area contributed by atoms with E-state index in [0.717, 1.165) is 11.1 Å². The van der Waals surface area contributed by atoms with Gasteiger partial charge in [-0.05, 0) is 37.4 Å². The largest absolute Gasteiger partial charge is 0.444 e. The minimum absolute atomic E-state index is 0.120. The molecule has 0 N–H and O–H groups in total. The quantitative estimate of drug-likeness (QED) is 0.381. The fraction of sp³-hybridized carbons (Fsp3) is 0.435. The normalized spacial score (nSPS) is 17.0. The molecule has 158 valence electrons. The molecule has 0 aromatic heterocycles. The van der Waals surface area contributed by atoms with Crippen molar-refractivity contribution in [3.8, 4) is 0 Å². The van der Waals surface area contributed by atoms with E-state index >= 15 is 0 Å². The van der Waals surface area contributed by atoms with Gasteiger partial charge in [0.05, 0.1) is 6.04 Å². The van der Waals surface area contributed by atoms with E-state index < -0.39 is 5.60 Å². The van der Waals surface area contributed by atoms with E-state index in [0.29, 0.717) is 26.2 Å². The van der Waals surface area contributed by atoms with E-state index in [-0.39, 0.29) is 18.2 Å². The monoisotopic (exact) mass is 407 g/mol. The highest BCUT2D eigenvalue weighted by Gasteiger charge is 2.34. The Bertz CT molecular complexity index is 867. The van der Waals surface area contributed by atoms with Crippen LogP contribution in [0.1, 0.15) is 44.0 Å². The highest BCUT2D eigenvalue weighted by atomic mass is 16.6. The number of piperazine rings is 1. The summed E-state index contributed by atoms with van der Waals surface area (Å²) in [5, 5.41) is 4.18. The molecule has 0 spiro atoms. The summed E-state index contributed by atoms with van der Waals surface area (Å²) in [6.45, 7) is 8.09. The highest BCUT2D eigenvalue weighted by Crippen LogP contribution is 2.37. The van der Waals surface area contributed by atoms with Crippen molar-refractivity contribution in [3.63, 3.8) is 0 Å². The number of carbonyl (C=O) groups is 1. The average molecular weight is 408 g/mol. The maximum atomic E-state index is 12.4. The second kappa shape index (κ2) is 9.65. The minimum Gasteiger partial charge on any atom is -0.444 e. The molecule has 0 bridgehead atoms. The lowest BCUT2D eigenvalue weighted by molar-refractivity contribution is 0.00872. The number of carbonyl (C=O) groups excluding carboxylic acids is 1. The molecule has 0 saturated carbocycles. The number of benzene rings is 2. The summed E-state index contributed by atoms with van der Waals surface area (Å²) >= 11 is 0. The number of nitrogens with zero attached hydrogens (tertiary/aromatic N) is 5. The van der Waals surface area contributed by atoms with Crippen LogP contribution in [0, 0.1) is 0 Å². The van der Waals surface area contributed by atoms with Crippen LogP contribution in [-0.4, -0.2) is 47.7 Å². The standard InChI is InChI=1S/C23H29N5O2/c1-23(2,3)30-22(29)28-16-14-27(15-17-28)21(19-12-8-5-9-13-19)20(25-26-24)18-10-6-4-7-11-18/h4-13,20-21H,14-17H2,1-3H3/t20-,21+/m1/s1. The van der Waals surface area contributed by atoms with E-state index in [1.165, 1.54) is 0 Å². The smallest absolute Gasteiger partial charge is 0.410 e. The molecule has 1 aliphatic heterocycles. The van der Waals surface area contributed by atoms with Crippen LogP contribution in [0.25, 0.3) is 10.4 Å². The number of hydrogen-bond acceptors (Lipinski definition) is 4. The lowest BCUT2D eigenvalue weighted by Gasteiger charge is -2.41. The van der Waals surface area contributed by atoms with E-state index in [1.54, 1.807) is 4.90 Å². The van der Waals surface area contributed by atoms with E-state index in [9.17, 15) is 10.3 Å². The lowest BCUT2D eigenvalue weighted by atomic mass is 9.92. The van der Waals surface area contributed by atoms with Crippen LogP contribution in [0.5, 0.6) is 0 Å². The summed E-state index contributed by atoms with van der Waals surface area (Å²) in [6, 6.07) is 19.5. The molecule has 7 nitrogen and oxygen atoms in total. The van der Waals surface area contributed by atoms with E-state index in [1.807, 2.05) is 69.3 Å². The molecular formula is C23H29N5O2. The van der Waals surface area contributed by atoms with Crippen molar-refractivity contribution < 1.29 is 9.53 Å². The van der Waals surface area contributed by atoms with Gasteiger partial charge in [-0.15, -0.1) is 0 Å². The van der Waals surface area contributed by atoms with Crippen LogP contribution in [0.3, 0.4) is 0 Å². The Kier molecular flexibility index (Phi) is 6.98. The Morgan fingerprint density at radius 2 is 1.50 bits per heavy atom. The molecule has 0 aliphatic carbocycles. The zero-order valence-corrected chi connectivity index (χ0v) is 17.8. The zero-order chi connectivity index (χ0) is 21.6. The molecule has 7 heteroatoms. The van der Waals surface area contributed by atoms with Crippen LogP contribution < -0.4 is 0 Å². The zero-order valence-electron chi connectivity index (χ0n) is 17.8. The van der Waals surface area contributed by atoms with Crippen molar-refractivity contribution in [2.45, 2.75) is 38.5 Å². The van der Waals surface area contributed by atoms with Crippen molar-refractivity contribution in [1.82, 2.24) is 9.80 Å². The van der Waals surface area contributed by atoms with Gasteiger partial charge >= 0.3 is 6.09 Å². The van der Waals surface area contributed by atoms with Crippen molar-refractivity contribution in [3.05, 3.63) is 82.2 Å². The van der Waals surface area contributed by atoms with Gasteiger partial charge in [-0.25, -0.2) is 4.79 Å². The van der Waals surface area contributed by atoms with Gasteiger partial charge in [0.25, 0.3) is 0 Å². The number of azide groups is 1. The van der Waals surface area contributed by atoms with Crippen molar-refractivity contribution in [2.75, 3.05) is 26.2 Å². The fourth-order valence-electron chi connectivity index (χ4n) is 3.77. The molecule has 2 aromatic rings. The van der Waals surface area contributed by atoms with Gasteiger partial charge in [-0.1, -0.05) is 65.8 Å². The predicted molar refractivity (Wildman–Crippen MR) is 117 cm³/mol. The number of hydrogen-bond donors (Lipinski definition) is 0. The topological polar surface area (TPSA) is 81.5 Å². The Morgan fingerprint density at radius 3 is 2.00 bits per heavy atom. The number of ether oxygens (including phenoxy) is 1. The molecule has 2 atom stereocenters. The average Bonchev–Trinajstić information content (AvgIpc) is 2.74. The van der Waals surface area contributed by atoms with Gasteiger partial charge in [-0.3, -0.25) is 4.90 Å². The number of amides is 1. The molecule has 0 radical (unpaired) electrons.